The van der Waals surface area contributed by atoms with Crippen molar-refractivity contribution in [2.45, 2.75) is 45.6 Å². The fourth-order valence-electron chi connectivity index (χ4n) is 4.45. The minimum absolute atomic E-state index is 0.0449. The van der Waals surface area contributed by atoms with Gasteiger partial charge in [0.15, 0.2) is 5.82 Å². The third-order valence-corrected chi connectivity index (χ3v) is 6.36. The van der Waals surface area contributed by atoms with Gasteiger partial charge in [-0.25, -0.2) is 0 Å². The van der Waals surface area contributed by atoms with Crippen molar-refractivity contribution in [1.82, 2.24) is 19.3 Å². The Kier molecular flexibility index (Phi) is 5.21. The van der Waals surface area contributed by atoms with Gasteiger partial charge in [0.1, 0.15) is 0 Å². The highest BCUT2D eigenvalue weighted by Gasteiger charge is 2.29. The van der Waals surface area contributed by atoms with Crippen molar-refractivity contribution in [3.05, 3.63) is 47.8 Å². The molecule has 0 spiro atoms. The van der Waals surface area contributed by atoms with Crippen LogP contribution in [0, 0.1) is 13.8 Å². The molecule has 6 heteroatoms. The molecule has 0 bridgehead atoms. The summed E-state index contributed by atoms with van der Waals surface area (Å²) in [7, 11) is 3.89. The number of anilines is 1. The number of methoxy groups -OCH3 is 1. The third-order valence-electron chi connectivity index (χ3n) is 6.36. The van der Waals surface area contributed by atoms with Gasteiger partial charge in [-0.1, -0.05) is 18.2 Å². The van der Waals surface area contributed by atoms with Gasteiger partial charge in [0.05, 0.1) is 5.60 Å². The highest BCUT2D eigenvalue weighted by molar-refractivity contribution is 5.64. The largest absolute Gasteiger partial charge is 0.378 e. The first kappa shape index (κ1) is 19.7. The molecular formula is C23H31N5O. The number of benzene rings is 1. The van der Waals surface area contributed by atoms with Crippen LogP contribution in [0.15, 0.2) is 36.4 Å². The van der Waals surface area contributed by atoms with E-state index < -0.39 is 0 Å². The van der Waals surface area contributed by atoms with E-state index in [1.54, 1.807) is 0 Å². The Morgan fingerprint density at radius 1 is 1.03 bits per heavy atom. The fraction of sp³-hybridized carbons (Fsp3) is 0.478. The number of aryl methyl sites for hydroxylation is 1. The van der Waals surface area contributed by atoms with Gasteiger partial charge in [-0.2, -0.15) is 0 Å². The van der Waals surface area contributed by atoms with Crippen LogP contribution >= 0.6 is 0 Å². The first-order chi connectivity index (χ1) is 13.9. The van der Waals surface area contributed by atoms with Crippen LogP contribution in [0.25, 0.3) is 17.1 Å². The summed E-state index contributed by atoms with van der Waals surface area (Å²) >= 11 is 0. The second-order valence-corrected chi connectivity index (χ2v) is 8.33. The lowest BCUT2D eigenvalue weighted by atomic mass is 9.97. The topological polar surface area (TPSA) is 48.1 Å². The Morgan fingerprint density at radius 3 is 2.52 bits per heavy atom. The van der Waals surface area contributed by atoms with Crippen LogP contribution in [0.3, 0.4) is 0 Å². The van der Waals surface area contributed by atoms with Crippen LogP contribution in [0.2, 0.25) is 0 Å². The third kappa shape index (κ3) is 3.57. The van der Waals surface area contributed by atoms with Gasteiger partial charge in [0.2, 0.25) is 5.95 Å². The van der Waals surface area contributed by atoms with Crippen molar-refractivity contribution < 1.29 is 4.74 Å². The van der Waals surface area contributed by atoms with Gasteiger partial charge < -0.3 is 14.2 Å². The summed E-state index contributed by atoms with van der Waals surface area (Å²) in [5.74, 6) is 1.85. The first-order valence-electron chi connectivity index (χ1n) is 10.4. The van der Waals surface area contributed by atoms with E-state index in [9.17, 15) is 0 Å². The number of rotatable bonds is 4. The summed E-state index contributed by atoms with van der Waals surface area (Å²) in [6, 6.07) is 12.7. The molecule has 2 aromatic heterocycles. The van der Waals surface area contributed by atoms with Gasteiger partial charge in [-0.3, -0.25) is 4.57 Å². The molecule has 1 saturated heterocycles. The van der Waals surface area contributed by atoms with Crippen LogP contribution in [-0.4, -0.2) is 45.1 Å². The molecule has 154 valence electrons. The monoisotopic (exact) mass is 393 g/mol. The number of nitrogens with zero attached hydrogens (tertiary/aromatic N) is 5. The zero-order valence-electron chi connectivity index (χ0n) is 18.1. The van der Waals surface area contributed by atoms with Gasteiger partial charge in [-0.15, -0.1) is 10.2 Å². The van der Waals surface area contributed by atoms with Crippen LogP contribution in [-0.2, 0) is 11.8 Å². The molecule has 4 rings (SSSR count). The average Bonchev–Trinajstić information content (AvgIpc) is 3.16. The standard InChI is InChI=1S/C23H31N5O/c1-17-16-20(18(2)28(17)19-10-7-6-8-11-19)21-24-25-22(26(21)4)27-14-9-12-23(3,29-5)13-15-27/h6-8,10-11,16H,9,12-15H2,1-5H3. The van der Waals surface area contributed by atoms with E-state index in [1.165, 1.54) is 17.1 Å². The van der Waals surface area contributed by atoms with Gasteiger partial charge in [-0.05, 0) is 58.2 Å². The van der Waals surface area contributed by atoms with Crippen molar-refractivity contribution in [3.8, 4) is 17.1 Å². The smallest absolute Gasteiger partial charge is 0.227 e. The minimum atomic E-state index is -0.0449. The van der Waals surface area contributed by atoms with Crippen molar-refractivity contribution in [2.24, 2.45) is 7.05 Å². The van der Waals surface area contributed by atoms with Crippen molar-refractivity contribution in [1.29, 1.82) is 0 Å². The molecule has 0 N–H and O–H groups in total. The van der Waals surface area contributed by atoms with Crippen molar-refractivity contribution >= 4 is 5.95 Å². The average molecular weight is 394 g/mol. The molecule has 1 atom stereocenters. The molecule has 1 aliphatic rings. The molecule has 1 aliphatic heterocycles. The normalized spacial score (nSPS) is 20.1. The van der Waals surface area contributed by atoms with E-state index in [0.29, 0.717) is 0 Å². The van der Waals surface area contributed by atoms with Crippen LogP contribution in [0.1, 0.15) is 37.6 Å². The van der Waals surface area contributed by atoms with Crippen molar-refractivity contribution in [3.63, 3.8) is 0 Å². The first-order valence-corrected chi connectivity index (χ1v) is 10.4. The fourth-order valence-corrected chi connectivity index (χ4v) is 4.45. The maximum Gasteiger partial charge on any atom is 0.227 e. The number of para-hydroxylation sites is 1. The molecule has 0 amide bonds. The van der Waals surface area contributed by atoms with Crippen LogP contribution in [0.5, 0.6) is 0 Å². The maximum absolute atomic E-state index is 5.75. The Labute approximate surface area is 173 Å². The summed E-state index contributed by atoms with van der Waals surface area (Å²) in [6.07, 6.45) is 3.16. The highest BCUT2D eigenvalue weighted by Crippen LogP contribution is 2.31. The lowest BCUT2D eigenvalue weighted by molar-refractivity contribution is -0.00331. The second kappa shape index (κ2) is 7.67. The van der Waals surface area contributed by atoms with E-state index in [-0.39, 0.29) is 5.60 Å². The lowest BCUT2D eigenvalue weighted by Gasteiger charge is -2.26. The lowest BCUT2D eigenvalue weighted by Crippen LogP contribution is -2.31. The van der Waals surface area contributed by atoms with Crippen molar-refractivity contribution in [2.75, 3.05) is 25.1 Å². The quantitative estimate of drug-likeness (QED) is 0.664. The molecule has 0 radical (unpaired) electrons. The summed E-state index contributed by atoms with van der Waals surface area (Å²) in [4.78, 5) is 2.34. The molecular weight excluding hydrogens is 362 g/mol. The second-order valence-electron chi connectivity index (χ2n) is 8.33. The molecule has 1 fully saturated rings. The molecule has 3 heterocycles. The SMILES string of the molecule is COC1(C)CCCN(c2nnc(-c3cc(C)n(-c4ccccc4)c3C)n2C)CC1. The van der Waals surface area contributed by atoms with E-state index in [0.717, 1.165) is 49.7 Å². The number of hydrogen-bond acceptors (Lipinski definition) is 4. The van der Waals surface area contributed by atoms with Gasteiger partial charge >= 0.3 is 0 Å². The Morgan fingerprint density at radius 2 is 1.79 bits per heavy atom. The molecule has 1 unspecified atom stereocenters. The zero-order valence-corrected chi connectivity index (χ0v) is 18.1. The van der Waals surface area contributed by atoms with Crippen LogP contribution < -0.4 is 4.90 Å². The summed E-state index contributed by atoms with van der Waals surface area (Å²) < 4.78 is 10.2. The Balaban J connectivity index is 1.66. The summed E-state index contributed by atoms with van der Waals surface area (Å²) in [5, 5.41) is 9.16. The molecule has 29 heavy (non-hydrogen) atoms. The molecule has 0 saturated carbocycles. The summed E-state index contributed by atoms with van der Waals surface area (Å²) in [5.41, 5.74) is 4.63. The molecule has 6 nitrogen and oxygen atoms in total. The predicted molar refractivity (Wildman–Crippen MR) is 117 cm³/mol. The van der Waals surface area contributed by atoms with Crippen LogP contribution in [0.4, 0.5) is 5.95 Å². The number of ether oxygens (including phenoxy) is 1. The van der Waals surface area contributed by atoms with E-state index in [1.807, 2.05) is 13.2 Å². The van der Waals surface area contributed by atoms with E-state index in [4.69, 9.17) is 4.74 Å². The van der Waals surface area contributed by atoms with E-state index >= 15 is 0 Å². The molecule has 0 aliphatic carbocycles. The van der Waals surface area contributed by atoms with Gasteiger partial charge in [0.25, 0.3) is 0 Å². The predicted octanol–water partition coefficient (Wildman–Crippen LogP) is 4.29. The summed E-state index contributed by atoms with van der Waals surface area (Å²) in [6.45, 7) is 8.41. The number of hydrogen-bond donors (Lipinski definition) is 0. The maximum atomic E-state index is 5.75. The highest BCUT2D eigenvalue weighted by atomic mass is 16.5. The zero-order chi connectivity index (χ0) is 20.6. The van der Waals surface area contributed by atoms with Gasteiger partial charge in [0, 0.05) is 49.9 Å². The molecule has 1 aromatic carbocycles. The molecule has 3 aromatic rings. The Bertz CT molecular complexity index is 990. The number of aromatic nitrogens is 4. The minimum Gasteiger partial charge on any atom is -0.378 e. The Hall–Kier alpha value is -2.60. The van der Waals surface area contributed by atoms with E-state index in [2.05, 4.69) is 82.4 Å².